The van der Waals surface area contributed by atoms with Crippen LogP contribution in [0.3, 0.4) is 0 Å². The number of carbonyl (C=O) groups excluding carboxylic acids is 1. The molecular formula is C15H18BrN3O. The highest BCUT2D eigenvalue weighted by Crippen LogP contribution is 2.29. The molecule has 1 aromatic rings. The minimum atomic E-state index is -0.434. The zero-order chi connectivity index (χ0) is 14.8. The summed E-state index contributed by atoms with van der Waals surface area (Å²) in [7, 11) is 0. The molecule has 1 heterocycles. The van der Waals surface area contributed by atoms with E-state index in [9.17, 15) is 4.79 Å². The van der Waals surface area contributed by atoms with E-state index in [1.807, 2.05) is 29.2 Å². The standard InChI is InChI=1S/C15H18BrN3O/c1-15(2)9-18-14(20)13(6-7-17)19(10-15)12-5-3-4-11(16)8-12/h3-5,8,13H,6,9-10H2,1-2H3,(H,18,20). The summed E-state index contributed by atoms with van der Waals surface area (Å²) in [4.78, 5) is 14.3. The fraction of sp³-hybridized carbons (Fsp3) is 0.467. The van der Waals surface area contributed by atoms with Crippen LogP contribution in [0.5, 0.6) is 0 Å². The first-order chi connectivity index (χ1) is 9.43. The number of anilines is 1. The molecule has 0 saturated carbocycles. The van der Waals surface area contributed by atoms with Gasteiger partial charge < -0.3 is 10.2 Å². The van der Waals surface area contributed by atoms with E-state index in [-0.39, 0.29) is 17.7 Å². The molecule has 1 aliphatic rings. The Morgan fingerprint density at radius 2 is 2.30 bits per heavy atom. The van der Waals surface area contributed by atoms with Gasteiger partial charge in [0, 0.05) is 23.2 Å². The molecule has 0 aromatic heterocycles. The van der Waals surface area contributed by atoms with E-state index in [1.165, 1.54) is 0 Å². The number of benzene rings is 1. The monoisotopic (exact) mass is 335 g/mol. The molecule has 1 fully saturated rings. The number of nitrogens with one attached hydrogen (secondary N) is 1. The number of halogens is 1. The lowest BCUT2D eigenvalue weighted by Crippen LogP contribution is -2.44. The molecule has 1 unspecified atom stereocenters. The van der Waals surface area contributed by atoms with Gasteiger partial charge >= 0.3 is 0 Å². The number of carbonyl (C=O) groups is 1. The van der Waals surface area contributed by atoms with Gasteiger partial charge in [-0.05, 0) is 23.6 Å². The summed E-state index contributed by atoms with van der Waals surface area (Å²) >= 11 is 3.46. The topological polar surface area (TPSA) is 56.1 Å². The lowest BCUT2D eigenvalue weighted by molar-refractivity contribution is -0.122. The van der Waals surface area contributed by atoms with Crippen LogP contribution in [-0.2, 0) is 4.79 Å². The summed E-state index contributed by atoms with van der Waals surface area (Å²) in [6.45, 7) is 5.59. The molecule has 0 bridgehead atoms. The Kier molecular flexibility index (Phi) is 4.34. The first kappa shape index (κ1) is 14.9. The molecule has 0 aliphatic carbocycles. The number of rotatable bonds is 2. The van der Waals surface area contributed by atoms with E-state index in [2.05, 4.69) is 41.2 Å². The van der Waals surface area contributed by atoms with E-state index >= 15 is 0 Å². The summed E-state index contributed by atoms with van der Waals surface area (Å²) in [5.41, 5.74) is 0.923. The average Bonchev–Trinajstić information content (AvgIpc) is 2.50. The molecule has 1 N–H and O–H groups in total. The van der Waals surface area contributed by atoms with Crippen molar-refractivity contribution in [2.75, 3.05) is 18.0 Å². The molecule has 4 nitrogen and oxygen atoms in total. The Bertz CT molecular complexity index is 550. The van der Waals surface area contributed by atoms with Crippen LogP contribution in [0.1, 0.15) is 20.3 Å². The second kappa shape index (κ2) is 5.84. The third-order valence-corrected chi connectivity index (χ3v) is 3.94. The van der Waals surface area contributed by atoms with Gasteiger partial charge in [0.1, 0.15) is 6.04 Å². The SMILES string of the molecule is CC1(C)CNC(=O)C(CC#N)N(c2cccc(Br)c2)C1. The van der Waals surface area contributed by atoms with Crippen molar-refractivity contribution in [1.82, 2.24) is 5.32 Å². The largest absolute Gasteiger partial charge is 0.358 e. The molecule has 0 radical (unpaired) electrons. The van der Waals surface area contributed by atoms with Gasteiger partial charge in [-0.1, -0.05) is 35.8 Å². The number of nitrogens with zero attached hydrogens (tertiary/aromatic N) is 2. The quantitative estimate of drug-likeness (QED) is 0.903. The molecule has 1 atom stereocenters. The highest BCUT2D eigenvalue weighted by atomic mass is 79.9. The van der Waals surface area contributed by atoms with Crippen molar-refractivity contribution < 1.29 is 4.79 Å². The van der Waals surface area contributed by atoms with Crippen molar-refractivity contribution in [3.8, 4) is 6.07 Å². The fourth-order valence-electron chi connectivity index (χ4n) is 2.43. The Morgan fingerprint density at radius 1 is 1.55 bits per heavy atom. The van der Waals surface area contributed by atoms with Crippen LogP contribution in [0.15, 0.2) is 28.7 Å². The van der Waals surface area contributed by atoms with Crippen LogP contribution in [0, 0.1) is 16.7 Å². The smallest absolute Gasteiger partial charge is 0.243 e. The average molecular weight is 336 g/mol. The minimum absolute atomic E-state index is 0.0395. The highest BCUT2D eigenvalue weighted by Gasteiger charge is 2.35. The Hall–Kier alpha value is -1.54. The maximum atomic E-state index is 12.2. The number of nitriles is 1. The molecule has 2 rings (SSSR count). The van der Waals surface area contributed by atoms with Crippen molar-refractivity contribution in [2.24, 2.45) is 5.41 Å². The van der Waals surface area contributed by atoms with E-state index in [1.54, 1.807) is 0 Å². The first-order valence-corrected chi connectivity index (χ1v) is 7.39. The van der Waals surface area contributed by atoms with Crippen LogP contribution in [0.25, 0.3) is 0 Å². The Balaban J connectivity index is 2.41. The number of hydrogen-bond acceptors (Lipinski definition) is 3. The maximum absolute atomic E-state index is 12.2. The molecule has 1 amide bonds. The predicted molar refractivity (Wildman–Crippen MR) is 82.3 cm³/mol. The van der Waals surface area contributed by atoms with Crippen LogP contribution in [0.2, 0.25) is 0 Å². The number of hydrogen-bond donors (Lipinski definition) is 1. The van der Waals surface area contributed by atoms with Crippen molar-refractivity contribution in [1.29, 1.82) is 5.26 Å². The second-order valence-electron chi connectivity index (χ2n) is 5.87. The molecule has 20 heavy (non-hydrogen) atoms. The van der Waals surface area contributed by atoms with Crippen LogP contribution >= 0.6 is 15.9 Å². The minimum Gasteiger partial charge on any atom is -0.358 e. The third kappa shape index (κ3) is 3.31. The van der Waals surface area contributed by atoms with E-state index < -0.39 is 6.04 Å². The first-order valence-electron chi connectivity index (χ1n) is 6.60. The van der Waals surface area contributed by atoms with Gasteiger partial charge in [-0.25, -0.2) is 0 Å². The van der Waals surface area contributed by atoms with Crippen molar-refractivity contribution in [3.63, 3.8) is 0 Å². The van der Waals surface area contributed by atoms with Gasteiger partial charge in [0.2, 0.25) is 5.91 Å². The normalized spacial score (nSPS) is 21.8. The molecular weight excluding hydrogens is 318 g/mol. The highest BCUT2D eigenvalue weighted by molar-refractivity contribution is 9.10. The van der Waals surface area contributed by atoms with Crippen LogP contribution in [0.4, 0.5) is 5.69 Å². The Labute approximate surface area is 127 Å². The maximum Gasteiger partial charge on any atom is 0.243 e. The second-order valence-corrected chi connectivity index (χ2v) is 6.78. The zero-order valence-electron chi connectivity index (χ0n) is 11.7. The summed E-state index contributed by atoms with van der Waals surface area (Å²) in [6, 6.07) is 9.54. The summed E-state index contributed by atoms with van der Waals surface area (Å²) in [6.07, 6.45) is 0.189. The Morgan fingerprint density at radius 3 is 2.95 bits per heavy atom. The van der Waals surface area contributed by atoms with Crippen molar-refractivity contribution >= 4 is 27.5 Å². The lowest BCUT2D eigenvalue weighted by Gasteiger charge is -2.34. The number of amides is 1. The van der Waals surface area contributed by atoms with Gasteiger partial charge in [-0.15, -0.1) is 0 Å². The molecule has 1 saturated heterocycles. The molecule has 1 aromatic carbocycles. The van der Waals surface area contributed by atoms with Gasteiger partial charge in [0.25, 0.3) is 0 Å². The summed E-state index contributed by atoms with van der Waals surface area (Å²) < 4.78 is 0.966. The van der Waals surface area contributed by atoms with Crippen LogP contribution in [-0.4, -0.2) is 25.0 Å². The van der Waals surface area contributed by atoms with Gasteiger partial charge in [-0.2, -0.15) is 5.26 Å². The molecule has 5 heteroatoms. The van der Waals surface area contributed by atoms with Crippen LogP contribution < -0.4 is 10.2 Å². The summed E-state index contributed by atoms with van der Waals surface area (Å²) in [5.74, 6) is -0.0721. The van der Waals surface area contributed by atoms with E-state index in [0.717, 1.165) is 16.7 Å². The molecule has 0 spiro atoms. The van der Waals surface area contributed by atoms with Gasteiger partial charge in [-0.3, -0.25) is 4.79 Å². The third-order valence-electron chi connectivity index (χ3n) is 3.44. The van der Waals surface area contributed by atoms with Gasteiger partial charge in [0.15, 0.2) is 0 Å². The fourth-order valence-corrected chi connectivity index (χ4v) is 2.82. The molecule has 106 valence electrons. The van der Waals surface area contributed by atoms with Crippen molar-refractivity contribution in [3.05, 3.63) is 28.7 Å². The predicted octanol–water partition coefficient (Wildman–Crippen LogP) is 2.69. The lowest BCUT2D eigenvalue weighted by atomic mass is 9.92. The zero-order valence-corrected chi connectivity index (χ0v) is 13.3. The van der Waals surface area contributed by atoms with Crippen molar-refractivity contribution in [2.45, 2.75) is 26.3 Å². The van der Waals surface area contributed by atoms with E-state index in [4.69, 9.17) is 5.26 Å². The molecule has 1 aliphatic heterocycles. The van der Waals surface area contributed by atoms with E-state index in [0.29, 0.717) is 6.54 Å². The summed E-state index contributed by atoms with van der Waals surface area (Å²) in [5, 5.41) is 12.0. The van der Waals surface area contributed by atoms with Gasteiger partial charge in [0.05, 0.1) is 12.5 Å².